The normalized spacial score (nSPS) is 10.6. The van der Waals surface area contributed by atoms with Crippen LogP contribution >= 0.6 is 0 Å². The van der Waals surface area contributed by atoms with E-state index in [0.29, 0.717) is 17.2 Å². The van der Waals surface area contributed by atoms with Crippen molar-refractivity contribution in [3.05, 3.63) is 41.5 Å². The molecule has 1 N–H and O–H groups in total. The molecule has 2 aromatic rings. The van der Waals surface area contributed by atoms with Crippen molar-refractivity contribution in [2.24, 2.45) is 7.05 Å². The molecule has 4 nitrogen and oxygen atoms in total. The Morgan fingerprint density at radius 3 is 2.56 bits per heavy atom. The minimum atomic E-state index is -0.897. The molecule has 94 valence electrons. The number of hydrogen-bond donors (Lipinski definition) is 1. The van der Waals surface area contributed by atoms with Gasteiger partial charge in [-0.05, 0) is 31.2 Å². The van der Waals surface area contributed by atoms with Crippen LogP contribution in [0.5, 0.6) is 0 Å². The molecule has 0 aliphatic rings. The molecule has 1 aromatic carbocycles. The number of hydrogen-bond acceptors (Lipinski definition) is 2. The number of carbonyl (C=O) groups is 1. The number of aliphatic carboxylic acids is 1. The largest absolute Gasteiger partial charge is 0.481 e. The van der Waals surface area contributed by atoms with Crippen LogP contribution in [0, 0.1) is 12.7 Å². The van der Waals surface area contributed by atoms with Gasteiger partial charge in [0.2, 0.25) is 0 Å². The second-order valence-corrected chi connectivity index (χ2v) is 4.10. The summed E-state index contributed by atoms with van der Waals surface area (Å²) < 4.78 is 14.6. The standard InChI is InChI=1S/C13H13FN2O2/c1-8-11(7-12(17)18)16(2)13(15-8)9-3-5-10(14)6-4-9/h3-6H,7H2,1-2H3,(H,17,18). The van der Waals surface area contributed by atoms with Crippen LogP contribution in [-0.2, 0) is 18.3 Å². The summed E-state index contributed by atoms with van der Waals surface area (Å²) in [6, 6.07) is 5.97. The number of benzene rings is 1. The Hall–Kier alpha value is -2.17. The number of aromatic nitrogens is 2. The van der Waals surface area contributed by atoms with Gasteiger partial charge < -0.3 is 9.67 Å². The van der Waals surface area contributed by atoms with Gasteiger partial charge in [0, 0.05) is 12.6 Å². The summed E-state index contributed by atoms with van der Waals surface area (Å²) in [5.41, 5.74) is 2.10. The molecule has 0 aliphatic heterocycles. The van der Waals surface area contributed by atoms with Gasteiger partial charge in [-0.2, -0.15) is 0 Å². The fourth-order valence-corrected chi connectivity index (χ4v) is 1.92. The van der Waals surface area contributed by atoms with Crippen molar-refractivity contribution in [2.75, 3.05) is 0 Å². The zero-order valence-electron chi connectivity index (χ0n) is 10.1. The molecule has 18 heavy (non-hydrogen) atoms. The van der Waals surface area contributed by atoms with Crippen molar-refractivity contribution in [1.82, 2.24) is 9.55 Å². The first-order valence-corrected chi connectivity index (χ1v) is 5.49. The van der Waals surface area contributed by atoms with E-state index in [1.807, 2.05) is 0 Å². The maximum atomic E-state index is 12.9. The molecular formula is C13H13FN2O2. The highest BCUT2D eigenvalue weighted by Crippen LogP contribution is 2.21. The summed E-state index contributed by atoms with van der Waals surface area (Å²) >= 11 is 0. The molecule has 0 atom stereocenters. The monoisotopic (exact) mass is 248 g/mol. The number of nitrogens with zero attached hydrogens (tertiary/aromatic N) is 2. The van der Waals surface area contributed by atoms with Gasteiger partial charge in [-0.3, -0.25) is 4.79 Å². The molecule has 0 amide bonds. The first-order chi connectivity index (χ1) is 8.49. The second-order valence-electron chi connectivity index (χ2n) is 4.10. The topological polar surface area (TPSA) is 55.1 Å². The van der Waals surface area contributed by atoms with Crippen molar-refractivity contribution < 1.29 is 14.3 Å². The average molecular weight is 248 g/mol. The maximum Gasteiger partial charge on any atom is 0.309 e. The van der Waals surface area contributed by atoms with Gasteiger partial charge in [-0.15, -0.1) is 0 Å². The minimum Gasteiger partial charge on any atom is -0.481 e. The molecule has 0 unspecified atom stereocenters. The number of aryl methyl sites for hydroxylation is 1. The zero-order chi connectivity index (χ0) is 13.3. The van der Waals surface area contributed by atoms with Crippen molar-refractivity contribution in [3.63, 3.8) is 0 Å². The molecule has 0 aliphatic carbocycles. The van der Waals surface area contributed by atoms with E-state index < -0.39 is 5.97 Å². The zero-order valence-corrected chi connectivity index (χ0v) is 10.1. The summed E-state index contributed by atoms with van der Waals surface area (Å²) in [5.74, 6) is -0.564. The highest BCUT2D eigenvalue weighted by molar-refractivity contribution is 5.70. The first kappa shape index (κ1) is 12.3. The molecule has 2 rings (SSSR count). The number of carboxylic acids is 1. The number of rotatable bonds is 3. The first-order valence-electron chi connectivity index (χ1n) is 5.49. The SMILES string of the molecule is Cc1nc(-c2ccc(F)cc2)n(C)c1CC(=O)O. The Labute approximate surface area is 104 Å². The summed E-state index contributed by atoms with van der Waals surface area (Å²) in [5, 5.41) is 8.84. The number of carboxylic acid groups (broad SMARTS) is 1. The van der Waals surface area contributed by atoms with E-state index in [2.05, 4.69) is 4.98 Å². The van der Waals surface area contributed by atoms with E-state index in [4.69, 9.17) is 5.11 Å². The Bertz CT molecular complexity index is 588. The maximum absolute atomic E-state index is 12.9. The van der Waals surface area contributed by atoms with Crippen LogP contribution in [0.1, 0.15) is 11.4 Å². The van der Waals surface area contributed by atoms with Crippen LogP contribution in [0.15, 0.2) is 24.3 Å². The van der Waals surface area contributed by atoms with Crippen LogP contribution in [0.3, 0.4) is 0 Å². The van der Waals surface area contributed by atoms with Gasteiger partial charge >= 0.3 is 5.97 Å². The lowest BCUT2D eigenvalue weighted by molar-refractivity contribution is -0.136. The van der Waals surface area contributed by atoms with E-state index in [1.165, 1.54) is 12.1 Å². The lowest BCUT2D eigenvalue weighted by atomic mass is 10.2. The highest BCUT2D eigenvalue weighted by atomic mass is 19.1. The number of imidazole rings is 1. The Kier molecular flexibility index (Phi) is 3.14. The van der Waals surface area contributed by atoms with Crippen LogP contribution < -0.4 is 0 Å². The molecule has 5 heteroatoms. The molecular weight excluding hydrogens is 235 g/mol. The summed E-state index contributed by atoms with van der Waals surface area (Å²) in [6.07, 6.45) is -0.0729. The average Bonchev–Trinajstić information content (AvgIpc) is 2.58. The predicted octanol–water partition coefficient (Wildman–Crippen LogP) is 2.16. The summed E-state index contributed by atoms with van der Waals surface area (Å²) in [4.78, 5) is 15.1. The molecule has 0 fully saturated rings. The third-order valence-corrected chi connectivity index (χ3v) is 2.83. The fraction of sp³-hybridized carbons (Fsp3) is 0.231. The van der Waals surface area contributed by atoms with E-state index in [-0.39, 0.29) is 12.2 Å². The number of halogens is 1. The third kappa shape index (κ3) is 2.25. The van der Waals surface area contributed by atoms with Crippen molar-refractivity contribution in [3.8, 4) is 11.4 Å². The molecule has 0 bridgehead atoms. The van der Waals surface area contributed by atoms with E-state index >= 15 is 0 Å². The molecule has 0 spiro atoms. The molecule has 1 heterocycles. The Morgan fingerprint density at radius 2 is 2.00 bits per heavy atom. The van der Waals surface area contributed by atoms with Gasteiger partial charge in [0.25, 0.3) is 0 Å². The Morgan fingerprint density at radius 1 is 1.39 bits per heavy atom. The lowest BCUT2D eigenvalue weighted by Gasteiger charge is -2.04. The quantitative estimate of drug-likeness (QED) is 0.905. The highest BCUT2D eigenvalue weighted by Gasteiger charge is 2.15. The molecule has 0 saturated carbocycles. The Balaban J connectivity index is 2.46. The second kappa shape index (κ2) is 4.60. The van der Waals surface area contributed by atoms with Crippen molar-refractivity contribution >= 4 is 5.97 Å². The van der Waals surface area contributed by atoms with Crippen LogP contribution in [-0.4, -0.2) is 20.6 Å². The van der Waals surface area contributed by atoms with Crippen molar-refractivity contribution in [2.45, 2.75) is 13.3 Å². The molecule has 0 saturated heterocycles. The van der Waals surface area contributed by atoms with Gasteiger partial charge in [0.05, 0.1) is 17.8 Å². The van der Waals surface area contributed by atoms with Gasteiger partial charge in [-0.25, -0.2) is 9.37 Å². The van der Waals surface area contributed by atoms with Gasteiger partial charge in [0.15, 0.2) is 0 Å². The molecule has 1 aromatic heterocycles. The summed E-state index contributed by atoms with van der Waals surface area (Å²) in [7, 11) is 1.76. The predicted molar refractivity (Wildman–Crippen MR) is 64.7 cm³/mol. The van der Waals surface area contributed by atoms with Crippen molar-refractivity contribution in [1.29, 1.82) is 0 Å². The molecule has 0 radical (unpaired) electrons. The van der Waals surface area contributed by atoms with E-state index in [9.17, 15) is 9.18 Å². The minimum absolute atomic E-state index is 0.0729. The van der Waals surface area contributed by atoms with E-state index in [1.54, 1.807) is 30.7 Å². The van der Waals surface area contributed by atoms with Crippen LogP contribution in [0.25, 0.3) is 11.4 Å². The fourth-order valence-electron chi connectivity index (χ4n) is 1.92. The third-order valence-electron chi connectivity index (χ3n) is 2.83. The van der Waals surface area contributed by atoms with Crippen LogP contribution in [0.2, 0.25) is 0 Å². The van der Waals surface area contributed by atoms with E-state index in [0.717, 1.165) is 5.56 Å². The smallest absolute Gasteiger partial charge is 0.309 e. The van der Waals surface area contributed by atoms with Gasteiger partial charge in [0.1, 0.15) is 11.6 Å². The lowest BCUT2D eigenvalue weighted by Crippen LogP contribution is -2.07. The van der Waals surface area contributed by atoms with Gasteiger partial charge in [-0.1, -0.05) is 0 Å². The summed E-state index contributed by atoms with van der Waals surface area (Å²) in [6.45, 7) is 1.77. The van der Waals surface area contributed by atoms with Crippen LogP contribution in [0.4, 0.5) is 4.39 Å².